The second kappa shape index (κ2) is 9.10. The summed E-state index contributed by atoms with van der Waals surface area (Å²) in [6.45, 7) is 10.9. The van der Waals surface area contributed by atoms with E-state index in [0.717, 1.165) is 37.1 Å². The fourth-order valence-electron chi connectivity index (χ4n) is 3.34. The topological polar surface area (TPSA) is 12.0 Å². The molecule has 1 nitrogen and oxygen atoms in total. The van der Waals surface area contributed by atoms with Crippen LogP contribution < -0.4 is 5.32 Å². The Hall–Kier alpha value is -2.54. The first-order valence-electron chi connectivity index (χ1n) is 10.5. The van der Waals surface area contributed by atoms with E-state index in [1.54, 1.807) is 0 Å². The first kappa shape index (κ1) is 20.2. The maximum atomic E-state index is 4.21. The predicted octanol–water partition coefficient (Wildman–Crippen LogP) is 7.57. The third kappa shape index (κ3) is 5.25. The van der Waals surface area contributed by atoms with E-state index in [2.05, 4.69) is 99.4 Å². The van der Waals surface area contributed by atoms with Crippen LogP contribution in [-0.2, 0) is 12.8 Å². The Labute approximate surface area is 170 Å². The van der Waals surface area contributed by atoms with E-state index in [0.29, 0.717) is 0 Å². The van der Waals surface area contributed by atoms with E-state index in [1.165, 1.54) is 28.7 Å². The summed E-state index contributed by atoms with van der Waals surface area (Å²) in [7, 11) is 0. The normalized spacial score (nSPS) is 13.5. The van der Waals surface area contributed by atoms with E-state index in [4.69, 9.17) is 0 Å². The molecule has 0 radical (unpaired) electrons. The number of hydrogen-bond donors (Lipinski definition) is 1. The lowest BCUT2D eigenvalue weighted by atomic mass is 9.87. The van der Waals surface area contributed by atoms with Crippen molar-refractivity contribution < 1.29 is 0 Å². The molecule has 0 amide bonds. The first-order chi connectivity index (χ1) is 13.5. The van der Waals surface area contributed by atoms with Crippen LogP contribution in [0.1, 0.15) is 56.7 Å². The van der Waals surface area contributed by atoms with Crippen LogP contribution in [0.25, 0.3) is 5.57 Å². The zero-order valence-electron chi connectivity index (χ0n) is 17.6. The van der Waals surface area contributed by atoms with Gasteiger partial charge >= 0.3 is 0 Å². The van der Waals surface area contributed by atoms with Crippen LogP contribution >= 0.6 is 0 Å². The molecule has 0 aliphatic heterocycles. The Morgan fingerprint density at radius 1 is 0.964 bits per heavy atom. The Kier molecular flexibility index (Phi) is 6.57. The van der Waals surface area contributed by atoms with E-state index in [-0.39, 0.29) is 5.41 Å². The average Bonchev–Trinajstić information content (AvgIpc) is 3.24. The van der Waals surface area contributed by atoms with E-state index in [9.17, 15) is 0 Å². The molecule has 1 aliphatic carbocycles. The van der Waals surface area contributed by atoms with E-state index in [1.807, 2.05) is 0 Å². The van der Waals surface area contributed by atoms with Gasteiger partial charge in [-0.3, -0.25) is 0 Å². The number of aryl methyl sites for hydroxylation is 2. The van der Waals surface area contributed by atoms with Crippen molar-refractivity contribution in [3.63, 3.8) is 0 Å². The number of anilines is 1. The lowest BCUT2D eigenvalue weighted by Gasteiger charge is -2.26. The number of allylic oxidation sites excluding steroid dienone is 5. The van der Waals surface area contributed by atoms with Gasteiger partial charge in [-0.1, -0.05) is 82.0 Å². The van der Waals surface area contributed by atoms with Gasteiger partial charge in [-0.25, -0.2) is 0 Å². The minimum atomic E-state index is 0.110. The zero-order chi connectivity index (χ0) is 20.0. The van der Waals surface area contributed by atoms with Crippen molar-refractivity contribution in [2.45, 2.75) is 52.9 Å². The lowest BCUT2D eigenvalue weighted by molar-refractivity contribution is 0.434. The van der Waals surface area contributed by atoms with Gasteiger partial charge in [0.1, 0.15) is 0 Å². The van der Waals surface area contributed by atoms with Crippen LogP contribution in [-0.4, -0.2) is 0 Å². The Balaban J connectivity index is 1.47. The highest BCUT2D eigenvalue weighted by Gasteiger charge is 2.19. The van der Waals surface area contributed by atoms with Crippen LogP contribution in [0.2, 0.25) is 0 Å². The minimum Gasteiger partial charge on any atom is -0.359 e. The highest BCUT2D eigenvalue weighted by molar-refractivity contribution is 5.76. The van der Waals surface area contributed by atoms with Gasteiger partial charge in [0.25, 0.3) is 0 Å². The van der Waals surface area contributed by atoms with Crippen LogP contribution in [0, 0.1) is 5.41 Å². The number of hydrogen-bond acceptors (Lipinski definition) is 1. The highest BCUT2D eigenvalue weighted by atomic mass is 14.9. The standard InChI is InChI=1S/C27H33N/c1-5-27(3,4)21(2)28-26-19-15-23(16-20-26)10-8-9-22-13-17-25(18-14-22)24-11-6-7-12-24/h6,11-20,28H,2,5,7-10H2,1,3-4H3. The average molecular weight is 372 g/mol. The third-order valence-electron chi connectivity index (χ3n) is 5.94. The quantitative estimate of drug-likeness (QED) is 0.479. The molecular weight excluding hydrogens is 338 g/mol. The molecule has 0 atom stereocenters. The van der Waals surface area contributed by atoms with Crippen molar-refractivity contribution in [2.24, 2.45) is 5.41 Å². The molecule has 1 N–H and O–H groups in total. The summed E-state index contributed by atoms with van der Waals surface area (Å²) in [4.78, 5) is 0. The Bertz CT molecular complexity index is 848. The van der Waals surface area contributed by atoms with Crippen molar-refractivity contribution in [1.29, 1.82) is 0 Å². The number of benzene rings is 2. The SMILES string of the molecule is C=C(Nc1ccc(CCCc2ccc(C3=CCC=C3)cc2)cc1)C(C)(C)CC. The molecule has 2 aromatic rings. The predicted molar refractivity (Wildman–Crippen MR) is 123 cm³/mol. The molecule has 0 fully saturated rings. The molecule has 0 spiro atoms. The van der Waals surface area contributed by atoms with E-state index < -0.39 is 0 Å². The highest BCUT2D eigenvalue weighted by Crippen LogP contribution is 2.29. The van der Waals surface area contributed by atoms with Gasteiger partial charge in [0.15, 0.2) is 0 Å². The molecule has 1 heteroatoms. The summed E-state index contributed by atoms with van der Waals surface area (Å²) in [5, 5.41) is 3.47. The van der Waals surface area contributed by atoms with Gasteiger partial charge in [-0.05, 0) is 66.5 Å². The Morgan fingerprint density at radius 2 is 1.57 bits per heavy atom. The van der Waals surface area contributed by atoms with Crippen molar-refractivity contribution >= 4 is 11.3 Å². The van der Waals surface area contributed by atoms with Crippen LogP contribution in [0.4, 0.5) is 5.69 Å². The minimum absolute atomic E-state index is 0.110. The molecule has 0 saturated heterocycles. The summed E-state index contributed by atoms with van der Waals surface area (Å²) >= 11 is 0. The molecular formula is C27H33N. The van der Waals surface area contributed by atoms with Gasteiger partial charge < -0.3 is 5.32 Å². The Morgan fingerprint density at radius 3 is 2.11 bits per heavy atom. The van der Waals surface area contributed by atoms with Crippen molar-refractivity contribution in [1.82, 2.24) is 0 Å². The molecule has 0 saturated carbocycles. The molecule has 0 aromatic heterocycles. The van der Waals surface area contributed by atoms with Crippen molar-refractivity contribution in [2.75, 3.05) is 5.32 Å². The summed E-state index contributed by atoms with van der Waals surface area (Å²) < 4.78 is 0. The molecule has 0 heterocycles. The van der Waals surface area contributed by atoms with Gasteiger partial charge in [0, 0.05) is 16.8 Å². The molecule has 2 aromatic carbocycles. The summed E-state index contributed by atoms with van der Waals surface area (Å²) in [5.41, 5.74) is 7.81. The lowest BCUT2D eigenvalue weighted by Crippen LogP contribution is -2.18. The van der Waals surface area contributed by atoms with Crippen LogP contribution in [0.5, 0.6) is 0 Å². The fraction of sp³-hybridized carbons (Fsp3) is 0.333. The molecule has 3 rings (SSSR count). The van der Waals surface area contributed by atoms with Gasteiger partial charge in [-0.2, -0.15) is 0 Å². The zero-order valence-corrected chi connectivity index (χ0v) is 17.6. The maximum Gasteiger partial charge on any atom is 0.0381 e. The molecule has 146 valence electrons. The van der Waals surface area contributed by atoms with Gasteiger partial charge in [0.2, 0.25) is 0 Å². The number of nitrogens with one attached hydrogen (secondary N) is 1. The largest absolute Gasteiger partial charge is 0.359 e. The third-order valence-corrected chi connectivity index (χ3v) is 5.94. The first-order valence-corrected chi connectivity index (χ1v) is 10.5. The van der Waals surface area contributed by atoms with E-state index >= 15 is 0 Å². The summed E-state index contributed by atoms with van der Waals surface area (Å²) in [5.74, 6) is 0. The second-order valence-electron chi connectivity index (χ2n) is 8.39. The monoisotopic (exact) mass is 371 g/mol. The maximum absolute atomic E-state index is 4.21. The smallest absolute Gasteiger partial charge is 0.0381 e. The van der Waals surface area contributed by atoms with Crippen molar-refractivity contribution in [3.05, 3.63) is 95.7 Å². The van der Waals surface area contributed by atoms with Crippen molar-refractivity contribution in [3.8, 4) is 0 Å². The molecule has 28 heavy (non-hydrogen) atoms. The van der Waals surface area contributed by atoms with Crippen LogP contribution in [0.3, 0.4) is 0 Å². The summed E-state index contributed by atoms with van der Waals surface area (Å²) in [6, 6.07) is 17.9. The molecule has 0 unspecified atom stereocenters. The number of rotatable bonds is 9. The van der Waals surface area contributed by atoms with Gasteiger partial charge in [0.05, 0.1) is 0 Å². The van der Waals surface area contributed by atoms with Crippen LogP contribution in [0.15, 0.2) is 79.0 Å². The molecule has 1 aliphatic rings. The summed E-state index contributed by atoms with van der Waals surface area (Å²) in [6.07, 6.45) is 12.3. The van der Waals surface area contributed by atoms with Gasteiger partial charge in [-0.15, -0.1) is 0 Å². The fourth-order valence-corrected chi connectivity index (χ4v) is 3.34. The molecule has 0 bridgehead atoms. The second-order valence-corrected chi connectivity index (χ2v) is 8.39.